The van der Waals surface area contributed by atoms with E-state index in [4.69, 9.17) is 0 Å². The van der Waals surface area contributed by atoms with E-state index in [0.29, 0.717) is 6.54 Å². The Morgan fingerprint density at radius 2 is 2.12 bits per heavy atom. The van der Waals surface area contributed by atoms with Gasteiger partial charge in [0.1, 0.15) is 0 Å². The number of hydrogen-bond donors (Lipinski definition) is 2. The van der Waals surface area contributed by atoms with E-state index in [1.807, 2.05) is 20.8 Å². The number of thiazole rings is 1. The van der Waals surface area contributed by atoms with Gasteiger partial charge in [0.15, 0.2) is 0 Å². The molecule has 1 aromatic heterocycles. The first kappa shape index (κ1) is 15.3. The van der Waals surface area contributed by atoms with Crippen LogP contribution in [0, 0.1) is 13.8 Å². The van der Waals surface area contributed by atoms with Gasteiger partial charge in [0.2, 0.25) is 5.91 Å². The van der Waals surface area contributed by atoms with Crippen molar-refractivity contribution in [2.45, 2.75) is 33.4 Å². The zero-order valence-corrected chi connectivity index (χ0v) is 11.6. The fraction of sp³-hybridized carbons (Fsp3) is 0.600. The van der Waals surface area contributed by atoms with Crippen molar-refractivity contribution in [1.82, 2.24) is 15.6 Å². The molecule has 0 saturated heterocycles. The molecule has 1 rings (SSSR count). The maximum absolute atomic E-state index is 11.2. The van der Waals surface area contributed by atoms with Crippen LogP contribution in [0.15, 0.2) is 0 Å². The molecule has 2 N–H and O–H groups in total. The lowest BCUT2D eigenvalue weighted by Crippen LogP contribution is -2.40. The summed E-state index contributed by atoms with van der Waals surface area (Å²) in [5.74, 6) is 0.00823. The number of nitrogens with one attached hydrogen (secondary N) is 2. The average molecular weight is 264 g/mol. The molecule has 0 unspecified atom stereocenters. The molecule has 16 heavy (non-hydrogen) atoms. The van der Waals surface area contributed by atoms with E-state index in [1.165, 1.54) is 4.88 Å². The van der Waals surface area contributed by atoms with Gasteiger partial charge in [0.25, 0.3) is 0 Å². The zero-order chi connectivity index (χ0) is 11.4. The largest absolute Gasteiger partial charge is 0.358 e. The maximum atomic E-state index is 11.2. The number of aromatic nitrogens is 1. The number of hydrogen-bond acceptors (Lipinski definition) is 4. The van der Waals surface area contributed by atoms with E-state index < -0.39 is 0 Å². The van der Waals surface area contributed by atoms with Crippen LogP contribution < -0.4 is 10.6 Å². The van der Waals surface area contributed by atoms with Crippen LogP contribution in [0.25, 0.3) is 0 Å². The van der Waals surface area contributed by atoms with E-state index in [0.717, 1.165) is 10.7 Å². The predicted octanol–water partition coefficient (Wildman–Crippen LogP) is 1.41. The van der Waals surface area contributed by atoms with Gasteiger partial charge in [-0.3, -0.25) is 4.79 Å². The van der Waals surface area contributed by atoms with Crippen molar-refractivity contribution >= 4 is 29.7 Å². The van der Waals surface area contributed by atoms with E-state index in [2.05, 4.69) is 15.6 Å². The molecule has 4 nitrogen and oxygen atoms in total. The normalized spacial score (nSPS) is 11.8. The lowest BCUT2D eigenvalue weighted by molar-refractivity contribution is -0.122. The number of aryl methyl sites for hydroxylation is 2. The van der Waals surface area contributed by atoms with Crippen LogP contribution in [0.5, 0.6) is 0 Å². The van der Waals surface area contributed by atoms with Crippen LogP contribution >= 0.6 is 23.7 Å². The fourth-order valence-electron chi connectivity index (χ4n) is 1.29. The van der Waals surface area contributed by atoms with E-state index >= 15 is 0 Å². The summed E-state index contributed by atoms with van der Waals surface area (Å²) in [7, 11) is 1.64. The Hall–Kier alpha value is -0.650. The maximum Gasteiger partial charge on any atom is 0.236 e. The van der Waals surface area contributed by atoms with Crippen molar-refractivity contribution in [1.29, 1.82) is 0 Å². The molecule has 0 spiro atoms. The van der Waals surface area contributed by atoms with Crippen molar-refractivity contribution in [2.75, 3.05) is 7.05 Å². The molecule has 1 atom stereocenters. The highest BCUT2D eigenvalue weighted by atomic mass is 35.5. The standard InChI is InChI=1S/C10H17N3OS.ClH/c1-6-9(15-8(3)13-6)5-12-7(2)10(14)11-4;/h7,12H,5H2,1-4H3,(H,11,14);1H/t7-;/m1./s1. The molecule has 6 heteroatoms. The number of nitrogens with zero attached hydrogens (tertiary/aromatic N) is 1. The molecule has 0 aliphatic carbocycles. The van der Waals surface area contributed by atoms with Gasteiger partial charge in [-0.1, -0.05) is 0 Å². The van der Waals surface area contributed by atoms with E-state index in [-0.39, 0.29) is 24.4 Å². The minimum atomic E-state index is -0.170. The monoisotopic (exact) mass is 263 g/mol. The molecule has 0 fully saturated rings. The summed E-state index contributed by atoms with van der Waals surface area (Å²) >= 11 is 1.67. The van der Waals surface area contributed by atoms with Crippen LogP contribution in [0.4, 0.5) is 0 Å². The van der Waals surface area contributed by atoms with Gasteiger partial charge >= 0.3 is 0 Å². The molecule has 0 aliphatic heterocycles. The minimum absolute atomic E-state index is 0. The second-order valence-electron chi connectivity index (χ2n) is 3.46. The van der Waals surface area contributed by atoms with E-state index in [1.54, 1.807) is 18.4 Å². The second kappa shape index (κ2) is 6.83. The molecule has 0 radical (unpaired) electrons. The summed E-state index contributed by atoms with van der Waals surface area (Å²) in [4.78, 5) is 16.8. The molecule has 1 heterocycles. The van der Waals surface area contributed by atoms with Crippen molar-refractivity contribution in [3.8, 4) is 0 Å². The quantitative estimate of drug-likeness (QED) is 0.864. The summed E-state index contributed by atoms with van der Waals surface area (Å²) in [6.45, 7) is 6.53. The second-order valence-corrected chi connectivity index (χ2v) is 4.75. The SMILES string of the molecule is CNC(=O)[C@@H](C)NCc1sc(C)nc1C.Cl. The molecule has 0 bridgehead atoms. The molecule has 92 valence electrons. The number of carbonyl (C=O) groups is 1. The number of halogens is 1. The molecule has 1 aromatic rings. The Morgan fingerprint density at radius 3 is 2.56 bits per heavy atom. The average Bonchev–Trinajstić information content (AvgIpc) is 2.52. The Bertz CT molecular complexity index is 354. The lowest BCUT2D eigenvalue weighted by Gasteiger charge is -2.11. The van der Waals surface area contributed by atoms with Crippen LogP contribution in [0.2, 0.25) is 0 Å². The first-order valence-electron chi connectivity index (χ1n) is 4.92. The van der Waals surface area contributed by atoms with Gasteiger partial charge in [-0.15, -0.1) is 23.7 Å². The molecule has 0 saturated carbocycles. The van der Waals surface area contributed by atoms with Crippen LogP contribution in [0.3, 0.4) is 0 Å². The lowest BCUT2D eigenvalue weighted by atomic mass is 10.3. The first-order valence-corrected chi connectivity index (χ1v) is 5.74. The van der Waals surface area contributed by atoms with Crippen LogP contribution in [0.1, 0.15) is 22.5 Å². The van der Waals surface area contributed by atoms with Gasteiger partial charge in [-0.25, -0.2) is 4.98 Å². The third kappa shape index (κ3) is 4.08. The van der Waals surface area contributed by atoms with Gasteiger partial charge in [-0.2, -0.15) is 0 Å². The number of carbonyl (C=O) groups excluding carboxylic acids is 1. The van der Waals surface area contributed by atoms with Crippen molar-refractivity contribution < 1.29 is 4.79 Å². The van der Waals surface area contributed by atoms with Gasteiger partial charge < -0.3 is 10.6 Å². The van der Waals surface area contributed by atoms with Crippen molar-refractivity contribution in [3.63, 3.8) is 0 Å². The minimum Gasteiger partial charge on any atom is -0.358 e. The topological polar surface area (TPSA) is 54.0 Å². The Morgan fingerprint density at radius 1 is 1.50 bits per heavy atom. The first-order chi connectivity index (χ1) is 7.04. The fourth-order valence-corrected chi connectivity index (χ4v) is 2.18. The number of likely N-dealkylation sites (N-methyl/N-ethyl adjacent to an activating group) is 1. The Labute approximate surface area is 106 Å². The summed E-state index contributed by atoms with van der Waals surface area (Å²) in [5, 5.41) is 6.84. The summed E-state index contributed by atoms with van der Waals surface area (Å²) in [6.07, 6.45) is 0. The highest BCUT2D eigenvalue weighted by Crippen LogP contribution is 2.16. The highest BCUT2D eigenvalue weighted by molar-refractivity contribution is 7.11. The summed E-state index contributed by atoms with van der Waals surface area (Å²) in [5.41, 5.74) is 1.05. The van der Waals surface area contributed by atoms with Crippen LogP contribution in [-0.4, -0.2) is 24.0 Å². The van der Waals surface area contributed by atoms with Crippen molar-refractivity contribution in [2.24, 2.45) is 0 Å². The molecular formula is C10H18ClN3OS. The Balaban J connectivity index is 0.00000225. The van der Waals surface area contributed by atoms with Gasteiger partial charge in [0.05, 0.1) is 16.7 Å². The summed E-state index contributed by atoms with van der Waals surface area (Å²) in [6, 6.07) is -0.170. The zero-order valence-electron chi connectivity index (χ0n) is 9.96. The molecule has 0 aromatic carbocycles. The predicted molar refractivity (Wildman–Crippen MR) is 69.2 cm³/mol. The number of rotatable bonds is 4. The van der Waals surface area contributed by atoms with E-state index in [9.17, 15) is 4.79 Å². The summed E-state index contributed by atoms with van der Waals surface area (Å²) < 4.78 is 0. The van der Waals surface area contributed by atoms with Gasteiger partial charge in [-0.05, 0) is 20.8 Å². The van der Waals surface area contributed by atoms with Crippen LogP contribution in [-0.2, 0) is 11.3 Å². The number of amides is 1. The highest BCUT2D eigenvalue weighted by Gasteiger charge is 2.11. The molecular weight excluding hydrogens is 246 g/mol. The smallest absolute Gasteiger partial charge is 0.236 e. The third-order valence-electron chi connectivity index (χ3n) is 2.21. The van der Waals surface area contributed by atoms with Crippen molar-refractivity contribution in [3.05, 3.63) is 15.6 Å². The van der Waals surface area contributed by atoms with Gasteiger partial charge in [0, 0.05) is 18.5 Å². The third-order valence-corrected chi connectivity index (χ3v) is 3.28. The molecule has 1 amide bonds. The Kier molecular flexibility index (Phi) is 6.55. The molecule has 0 aliphatic rings.